The number of hydrogen-bond acceptors (Lipinski definition) is 3. The number of imidazole rings is 1. The highest BCUT2D eigenvalue weighted by molar-refractivity contribution is 5.93. The van der Waals surface area contributed by atoms with Crippen LogP contribution in [0.3, 0.4) is 0 Å². The van der Waals surface area contributed by atoms with Crippen LogP contribution in [0.15, 0.2) is 12.1 Å². The molecule has 0 spiro atoms. The summed E-state index contributed by atoms with van der Waals surface area (Å²) < 4.78 is 1.60. The van der Waals surface area contributed by atoms with Crippen LogP contribution in [0, 0.1) is 6.92 Å². The standard InChI is InChI=1S/C10H11N3O2/c1-3-8-11-9(10(14)15)7-5-4-6(2)12-13(7)8/h4-5H,3H2,1-2H3,(H,14,15). The molecule has 2 aromatic rings. The van der Waals surface area contributed by atoms with Gasteiger partial charge in [-0.3, -0.25) is 0 Å². The molecule has 2 aromatic heterocycles. The molecule has 1 N–H and O–H groups in total. The van der Waals surface area contributed by atoms with E-state index in [9.17, 15) is 4.79 Å². The third kappa shape index (κ3) is 1.45. The third-order valence-electron chi connectivity index (χ3n) is 2.22. The molecule has 0 amide bonds. The lowest BCUT2D eigenvalue weighted by Crippen LogP contribution is -1.99. The number of hydrogen-bond donors (Lipinski definition) is 1. The Bertz CT molecular complexity index is 531. The lowest BCUT2D eigenvalue weighted by atomic mass is 10.3. The summed E-state index contributed by atoms with van der Waals surface area (Å²) in [5.74, 6) is -0.344. The fourth-order valence-corrected chi connectivity index (χ4v) is 1.51. The first kappa shape index (κ1) is 9.64. The van der Waals surface area contributed by atoms with Crippen LogP contribution >= 0.6 is 0 Å². The molecule has 78 valence electrons. The monoisotopic (exact) mass is 205 g/mol. The van der Waals surface area contributed by atoms with Gasteiger partial charge in [-0.2, -0.15) is 5.10 Å². The van der Waals surface area contributed by atoms with Gasteiger partial charge in [-0.1, -0.05) is 6.92 Å². The van der Waals surface area contributed by atoms with Crippen LogP contribution in [0.25, 0.3) is 5.52 Å². The number of aromatic carboxylic acids is 1. The average Bonchev–Trinajstić information content (AvgIpc) is 2.55. The van der Waals surface area contributed by atoms with E-state index in [1.54, 1.807) is 16.6 Å². The largest absolute Gasteiger partial charge is 0.476 e. The van der Waals surface area contributed by atoms with Crippen molar-refractivity contribution in [2.75, 3.05) is 0 Å². The fourth-order valence-electron chi connectivity index (χ4n) is 1.51. The molecule has 0 aliphatic carbocycles. The van der Waals surface area contributed by atoms with Crippen molar-refractivity contribution < 1.29 is 9.90 Å². The summed E-state index contributed by atoms with van der Waals surface area (Å²) in [5, 5.41) is 13.2. The average molecular weight is 205 g/mol. The predicted molar refractivity (Wildman–Crippen MR) is 54.1 cm³/mol. The zero-order valence-corrected chi connectivity index (χ0v) is 8.56. The van der Waals surface area contributed by atoms with Gasteiger partial charge in [0, 0.05) is 6.42 Å². The van der Waals surface area contributed by atoms with Crippen LogP contribution in [0.5, 0.6) is 0 Å². The van der Waals surface area contributed by atoms with Gasteiger partial charge in [-0.05, 0) is 19.1 Å². The summed E-state index contributed by atoms with van der Waals surface area (Å²) >= 11 is 0. The Hall–Kier alpha value is -1.91. The Morgan fingerprint density at radius 1 is 1.53 bits per heavy atom. The number of aryl methyl sites for hydroxylation is 2. The minimum atomic E-state index is -1.02. The minimum absolute atomic E-state index is 0.0688. The summed E-state index contributed by atoms with van der Waals surface area (Å²) in [5.41, 5.74) is 1.45. The molecule has 5 heteroatoms. The second-order valence-electron chi connectivity index (χ2n) is 3.31. The maximum Gasteiger partial charge on any atom is 0.356 e. The molecule has 5 nitrogen and oxygen atoms in total. The van der Waals surface area contributed by atoms with Gasteiger partial charge in [0.15, 0.2) is 5.69 Å². The molecular formula is C10H11N3O2. The lowest BCUT2D eigenvalue weighted by Gasteiger charge is -1.97. The molecule has 0 fully saturated rings. The smallest absolute Gasteiger partial charge is 0.356 e. The Balaban J connectivity index is 2.81. The number of aromatic nitrogens is 3. The summed E-state index contributed by atoms with van der Waals surface area (Å²) in [7, 11) is 0. The first-order valence-electron chi connectivity index (χ1n) is 4.72. The van der Waals surface area contributed by atoms with E-state index in [1.807, 2.05) is 13.8 Å². The number of fused-ring (bicyclic) bond motifs is 1. The second kappa shape index (κ2) is 3.34. The van der Waals surface area contributed by atoms with E-state index >= 15 is 0 Å². The number of carbonyl (C=O) groups is 1. The van der Waals surface area contributed by atoms with E-state index in [2.05, 4.69) is 10.1 Å². The topological polar surface area (TPSA) is 67.5 Å². The quantitative estimate of drug-likeness (QED) is 0.802. The molecule has 15 heavy (non-hydrogen) atoms. The molecule has 0 saturated carbocycles. The molecule has 0 aromatic carbocycles. The van der Waals surface area contributed by atoms with Crippen molar-refractivity contribution in [3.63, 3.8) is 0 Å². The first-order valence-corrected chi connectivity index (χ1v) is 4.72. The van der Waals surface area contributed by atoms with Gasteiger partial charge in [0.1, 0.15) is 5.82 Å². The van der Waals surface area contributed by atoms with Crippen molar-refractivity contribution >= 4 is 11.5 Å². The van der Waals surface area contributed by atoms with Gasteiger partial charge in [-0.25, -0.2) is 14.3 Å². The second-order valence-corrected chi connectivity index (χ2v) is 3.31. The molecular weight excluding hydrogens is 194 g/mol. The van der Waals surface area contributed by atoms with Crippen LogP contribution < -0.4 is 0 Å². The highest BCUT2D eigenvalue weighted by atomic mass is 16.4. The van der Waals surface area contributed by atoms with Gasteiger partial charge in [-0.15, -0.1) is 0 Å². The number of carboxylic acids is 1. The summed E-state index contributed by atoms with van der Waals surface area (Å²) in [6, 6.07) is 3.51. The molecule has 0 atom stereocenters. The fraction of sp³-hybridized carbons (Fsp3) is 0.300. The zero-order chi connectivity index (χ0) is 11.0. The van der Waals surface area contributed by atoms with Crippen LogP contribution in [0.2, 0.25) is 0 Å². The predicted octanol–water partition coefficient (Wildman–Crippen LogP) is 1.30. The normalized spacial score (nSPS) is 10.8. The zero-order valence-electron chi connectivity index (χ0n) is 8.56. The van der Waals surface area contributed by atoms with E-state index < -0.39 is 5.97 Å². The van der Waals surface area contributed by atoms with Crippen LogP contribution in [0.4, 0.5) is 0 Å². The summed E-state index contributed by atoms with van der Waals surface area (Å²) in [6.07, 6.45) is 0.658. The summed E-state index contributed by atoms with van der Waals surface area (Å²) in [4.78, 5) is 15.0. The Morgan fingerprint density at radius 3 is 2.87 bits per heavy atom. The Morgan fingerprint density at radius 2 is 2.27 bits per heavy atom. The molecule has 0 bridgehead atoms. The minimum Gasteiger partial charge on any atom is -0.476 e. The van der Waals surface area contributed by atoms with Crippen molar-refractivity contribution in [1.29, 1.82) is 0 Å². The number of nitrogens with zero attached hydrogens (tertiary/aromatic N) is 3. The SMILES string of the molecule is CCc1nc(C(=O)O)c2ccc(C)nn12. The highest BCUT2D eigenvalue weighted by Crippen LogP contribution is 2.12. The van der Waals surface area contributed by atoms with Crippen LogP contribution in [-0.4, -0.2) is 25.7 Å². The van der Waals surface area contributed by atoms with Crippen molar-refractivity contribution in [3.8, 4) is 0 Å². The van der Waals surface area contributed by atoms with E-state index in [4.69, 9.17) is 5.11 Å². The van der Waals surface area contributed by atoms with Gasteiger partial charge in [0.25, 0.3) is 0 Å². The van der Waals surface area contributed by atoms with E-state index in [0.29, 0.717) is 17.8 Å². The van der Waals surface area contributed by atoms with Gasteiger partial charge < -0.3 is 5.11 Å². The van der Waals surface area contributed by atoms with Crippen molar-refractivity contribution in [2.45, 2.75) is 20.3 Å². The maximum absolute atomic E-state index is 10.9. The molecule has 0 aliphatic heterocycles. The van der Waals surface area contributed by atoms with Crippen molar-refractivity contribution in [1.82, 2.24) is 14.6 Å². The van der Waals surface area contributed by atoms with E-state index in [-0.39, 0.29) is 5.69 Å². The lowest BCUT2D eigenvalue weighted by molar-refractivity contribution is 0.0693. The molecule has 0 unspecified atom stereocenters. The third-order valence-corrected chi connectivity index (χ3v) is 2.22. The van der Waals surface area contributed by atoms with Crippen molar-refractivity contribution in [3.05, 3.63) is 29.3 Å². The molecule has 0 radical (unpaired) electrons. The van der Waals surface area contributed by atoms with Crippen LogP contribution in [-0.2, 0) is 6.42 Å². The van der Waals surface area contributed by atoms with E-state index in [0.717, 1.165) is 5.69 Å². The molecule has 2 heterocycles. The highest BCUT2D eigenvalue weighted by Gasteiger charge is 2.16. The Kier molecular flexibility index (Phi) is 2.15. The van der Waals surface area contributed by atoms with Gasteiger partial charge in [0.05, 0.1) is 11.2 Å². The molecule has 0 saturated heterocycles. The molecule has 2 rings (SSSR count). The maximum atomic E-state index is 10.9. The van der Waals surface area contributed by atoms with Gasteiger partial charge >= 0.3 is 5.97 Å². The van der Waals surface area contributed by atoms with E-state index in [1.165, 1.54) is 0 Å². The summed E-state index contributed by atoms with van der Waals surface area (Å²) in [6.45, 7) is 3.78. The van der Waals surface area contributed by atoms with Crippen molar-refractivity contribution in [2.24, 2.45) is 0 Å². The number of carboxylic acid groups (broad SMARTS) is 1. The van der Waals surface area contributed by atoms with Crippen LogP contribution in [0.1, 0.15) is 28.9 Å². The molecule has 0 aliphatic rings. The van der Waals surface area contributed by atoms with Gasteiger partial charge in [0.2, 0.25) is 0 Å². The Labute approximate surface area is 86.4 Å². The number of rotatable bonds is 2. The first-order chi connectivity index (χ1) is 7.13.